The van der Waals surface area contributed by atoms with Crippen molar-refractivity contribution < 1.29 is 28.5 Å². The lowest BCUT2D eigenvalue weighted by atomic mass is 9.90. The molecule has 3 aromatic carbocycles. The summed E-state index contributed by atoms with van der Waals surface area (Å²) in [5.74, 6) is 0.693. The van der Waals surface area contributed by atoms with Crippen LogP contribution in [-0.4, -0.2) is 55.4 Å². The van der Waals surface area contributed by atoms with Gasteiger partial charge in [-0.1, -0.05) is 35.9 Å². The minimum atomic E-state index is -0.924. The second-order valence-electron chi connectivity index (χ2n) is 9.70. The largest absolute Gasteiger partial charge is 0.493 e. The number of nitrogens with one attached hydrogen (secondary N) is 1. The molecule has 2 unspecified atom stereocenters. The number of rotatable bonds is 10. The number of esters is 1. The first-order valence-electron chi connectivity index (χ1n) is 13.7. The SMILES string of the molecule is CCOC(=O)C(Cc1ccc(OC(=S)N2CCc3cc(OC)c(OC)cc3C2CC#N)cc1)NC(=O)c1ccccc1Cl. The van der Waals surface area contributed by atoms with Gasteiger partial charge in [-0.05, 0) is 78.7 Å². The van der Waals surface area contributed by atoms with Gasteiger partial charge >= 0.3 is 5.97 Å². The molecular formula is C32H32ClN3O6S. The highest BCUT2D eigenvalue weighted by Gasteiger charge is 2.32. The van der Waals surface area contributed by atoms with Gasteiger partial charge in [0.25, 0.3) is 11.1 Å². The molecule has 1 amide bonds. The van der Waals surface area contributed by atoms with E-state index < -0.39 is 17.9 Å². The Morgan fingerprint density at radius 1 is 1.12 bits per heavy atom. The zero-order chi connectivity index (χ0) is 30.9. The molecule has 2 atom stereocenters. The minimum absolute atomic E-state index is 0.176. The summed E-state index contributed by atoms with van der Waals surface area (Å²) in [6, 6.07) is 18.5. The molecule has 1 aliphatic heterocycles. The molecule has 1 heterocycles. The molecule has 224 valence electrons. The minimum Gasteiger partial charge on any atom is -0.493 e. The van der Waals surface area contributed by atoms with Crippen molar-refractivity contribution in [2.75, 3.05) is 27.4 Å². The summed E-state index contributed by atoms with van der Waals surface area (Å²) < 4.78 is 22.2. The van der Waals surface area contributed by atoms with Gasteiger partial charge in [-0.25, -0.2) is 4.79 Å². The Bertz CT molecular complexity index is 1520. The van der Waals surface area contributed by atoms with Gasteiger partial charge in [-0.2, -0.15) is 5.26 Å². The molecule has 0 aliphatic carbocycles. The first-order valence-corrected chi connectivity index (χ1v) is 14.5. The summed E-state index contributed by atoms with van der Waals surface area (Å²) in [5.41, 5.74) is 3.05. The molecule has 4 rings (SSSR count). The lowest BCUT2D eigenvalue weighted by Gasteiger charge is -2.37. The summed E-state index contributed by atoms with van der Waals surface area (Å²) in [6.07, 6.45) is 1.09. The van der Waals surface area contributed by atoms with Gasteiger partial charge < -0.3 is 29.2 Å². The quantitative estimate of drug-likeness (QED) is 0.234. The van der Waals surface area contributed by atoms with E-state index in [1.165, 1.54) is 0 Å². The molecule has 3 aromatic rings. The standard InChI is InChI=1S/C32H32ClN3O6S/c1-4-41-31(38)26(35-30(37)23-7-5-6-8-25(23)33)17-20-9-11-22(12-10-20)42-32(43)36-16-14-21-18-28(39-2)29(40-3)19-24(21)27(36)13-15-34/h5-12,18-19,26-27H,4,13-14,16-17H2,1-3H3,(H,35,37). The van der Waals surface area contributed by atoms with Crippen molar-refractivity contribution in [3.8, 4) is 23.3 Å². The van der Waals surface area contributed by atoms with Gasteiger partial charge in [0, 0.05) is 13.0 Å². The van der Waals surface area contributed by atoms with Crippen LogP contribution < -0.4 is 19.5 Å². The van der Waals surface area contributed by atoms with Gasteiger partial charge in [0.2, 0.25) is 0 Å². The van der Waals surface area contributed by atoms with E-state index in [0.717, 1.165) is 16.7 Å². The van der Waals surface area contributed by atoms with Crippen LogP contribution in [0.25, 0.3) is 0 Å². The zero-order valence-corrected chi connectivity index (χ0v) is 25.7. The zero-order valence-electron chi connectivity index (χ0n) is 24.1. The van der Waals surface area contributed by atoms with Crippen molar-refractivity contribution in [3.63, 3.8) is 0 Å². The highest BCUT2D eigenvalue weighted by molar-refractivity contribution is 7.80. The van der Waals surface area contributed by atoms with Crippen LogP contribution in [-0.2, 0) is 22.4 Å². The predicted octanol–water partition coefficient (Wildman–Crippen LogP) is 5.44. The van der Waals surface area contributed by atoms with Crippen LogP contribution in [0.1, 0.15) is 46.4 Å². The van der Waals surface area contributed by atoms with Crippen LogP contribution in [0.5, 0.6) is 17.2 Å². The Morgan fingerprint density at radius 2 is 1.81 bits per heavy atom. The van der Waals surface area contributed by atoms with E-state index in [9.17, 15) is 14.9 Å². The maximum absolute atomic E-state index is 12.8. The Labute approximate surface area is 261 Å². The molecule has 0 fully saturated rings. The molecule has 1 N–H and O–H groups in total. The van der Waals surface area contributed by atoms with E-state index in [4.69, 9.17) is 42.8 Å². The smallest absolute Gasteiger partial charge is 0.328 e. The van der Waals surface area contributed by atoms with E-state index in [1.807, 2.05) is 17.0 Å². The Morgan fingerprint density at radius 3 is 2.47 bits per heavy atom. The van der Waals surface area contributed by atoms with E-state index in [2.05, 4.69) is 11.4 Å². The molecule has 0 bridgehead atoms. The van der Waals surface area contributed by atoms with E-state index >= 15 is 0 Å². The molecule has 0 spiro atoms. The van der Waals surface area contributed by atoms with Crippen molar-refractivity contribution in [1.29, 1.82) is 5.26 Å². The number of methoxy groups -OCH3 is 2. The van der Waals surface area contributed by atoms with Gasteiger partial charge in [0.05, 0.1) is 49.9 Å². The summed E-state index contributed by atoms with van der Waals surface area (Å²) in [7, 11) is 3.16. The number of carbonyl (C=O) groups excluding carboxylic acids is 2. The molecule has 43 heavy (non-hydrogen) atoms. The van der Waals surface area contributed by atoms with Crippen molar-refractivity contribution >= 4 is 40.9 Å². The number of halogens is 1. The van der Waals surface area contributed by atoms with Gasteiger partial charge in [-0.3, -0.25) is 4.79 Å². The summed E-state index contributed by atoms with van der Waals surface area (Å²) in [6.45, 7) is 2.45. The molecule has 0 aromatic heterocycles. The van der Waals surface area contributed by atoms with E-state index in [-0.39, 0.29) is 41.3 Å². The number of nitrogens with zero attached hydrogens (tertiary/aromatic N) is 2. The number of nitriles is 1. The average Bonchev–Trinajstić information content (AvgIpc) is 3.01. The number of carbonyl (C=O) groups is 2. The first kappa shape index (κ1) is 31.6. The predicted molar refractivity (Wildman–Crippen MR) is 166 cm³/mol. The molecule has 0 saturated heterocycles. The number of hydrogen-bond acceptors (Lipinski definition) is 8. The van der Waals surface area contributed by atoms with Gasteiger partial charge in [0.15, 0.2) is 11.5 Å². The highest BCUT2D eigenvalue weighted by Crippen LogP contribution is 2.39. The van der Waals surface area contributed by atoms with Gasteiger partial charge in [0.1, 0.15) is 11.8 Å². The van der Waals surface area contributed by atoms with Crippen molar-refractivity contribution in [2.24, 2.45) is 0 Å². The van der Waals surface area contributed by atoms with Crippen molar-refractivity contribution in [3.05, 3.63) is 87.9 Å². The Kier molecular flexibility index (Phi) is 10.8. The van der Waals surface area contributed by atoms with E-state index in [0.29, 0.717) is 30.2 Å². The van der Waals surface area contributed by atoms with E-state index in [1.54, 1.807) is 69.7 Å². The fourth-order valence-electron chi connectivity index (χ4n) is 4.96. The summed E-state index contributed by atoms with van der Waals surface area (Å²) >= 11 is 11.8. The second-order valence-corrected chi connectivity index (χ2v) is 10.5. The topological polar surface area (TPSA) is 110 Å². The fourth-order valence-corrected chi connectivity index (χ4v) is 5.50. The normalized spacial score (nSPS) is 14.5. The molecule has 11 heteroatoms. The number of hydrogen-bond donors (Lipinski definition) is 1. The molecule has 1 aliphatic rings. The van der Waals surface area contributed by atoms with Gasteiger partial charge in [-0.15, -0.1) is 0 Å². The lowest BCUT2D eigenvalue weighted by molar-refractivity contribution is -0.145. The summed E-state index contributed by atoms with van der Waals surface area (Å²) in [5, 5.41) is 12.8. The monoisotopic (exact) mass is 621 g/mol. The fraction of sp³-hybridized carbons (Fsp3) is 0.312. The Hall–Kier alpha value is -4.33. The highest BCUT2D eigenvalue weighted by atomic mass is 35.5. The summed E-state index contributed by atoms with van der Waals surface area (Å²) in [4.78, 5) is 27.4. The number of benzene rings is 3. The maximum Gasteiger partial charge on any atom is 0.328 e. The number of thiocarbonyl (C=S) groups is 1. The van der Waals surface area contributed by atoms with Crippen LogP contribution in [0.4, 0.5) is 0 Å². The van der Waals surface area contributed by atoms with Crippen molar-refractivity contribution in [1.82, 2.24) is 10.2 Å². The molecule has 0 radical (unpaired) electrons. The number of fused-ring (bicyclic) bond motifs is 1. The number of ether oxygens (including phenoxy) is 4. The molecule has 9 nitrogen and oxygen atoms in total. The average molecular weight is 622 g/mol. The van der Waals surface area contributed by atoms with Crippen LogP contribution in [0.3, 0.4) is 0 Å². The van der Waals surface area contributed by atoms with Crippen LogP contribution in [0.2, 0.25) is 5.02 Å². The first-order chi connectivity index (χ1) is 20.8. The van der Waals surface area contributed by atoms with Crippen molar-refractivity contribution in [2.45, 2.75) is 38.3 Å². The maximum atomic E-state index is 12.8. The third kappa shape index (κ3) is 7.55. The number of amides is 1. The molecular weight excluding hydrogens is 590 g/mol. The van der Waals surface area contributed by atoms with Crippen LogP contribution in [0.15, 0.2) is 60.7 Å². The van der Waals surface area contributed by atoms with Crippen LogP contribution >= 0.6 is 23.8 Å². The second kappa shape index (κ2) is 14.7. The third-order valence-electron chi connectivity index (χ3n) is 7.09. The Balaban J connectivity index is 1.46. The van der Waals surface area contributed by atoms with Crippen LogP contribution in [0, 0.1) is 11.3 Å². The lowest BCUT2D eigenvalue weighted by Crippen LogP contribution is -2.43. The molecule has 0 saturated carbocycles. The third-order valence-corrected chi connectivity index (χ3v) is 7.73.